The van der Waals surface area contributed by atoms with Crippen LogP contribution in [0.2, 0.25) is 0 Å². The van der Waals surface area contributed by atoms with Gasteiger partial charge in [0.05, 0.1) is 11.0 Å². The molecule has 8 heteroatoms. The number of carboxylic acids is 1. The van der Waals surface area contributed by atoms with Crippen molar-refractivity contribution in [1.82, 2.24) is 4.89 Å². The second-order valence-corrected chi connectivity index (χ2v) is 6.66. The van der Waals surface area contributed by atoms with Crippen molar-refractivity contribution < 1.29 is 27.9 Å². The van der Waals surface area contributed by atoms with E-state index in [4.69, 9.17) is 9.84 Å². The van der Waals surface area contributed by atoms with Gasteiger partial charge in [-0.2, -0.15) is 0 Å². The highest BCUT2D eigenvalue weighted by molar-refractivity contribution is 7.89. The summed E-state index contributed by atoms with van der Waals surface area (Å²) in [5.74, 6) is -0.709. The number of benzene rings is 2. The second kappa shape index (κ2) is 6.95. The van der Waals surface area contributed by atoms with Gasteiger partial charge in [0.15, 0.2) is 6.61 Å². The molecule has 0 aromatic heterocycles. The maximum atomic E-state index is 12.3. The van der Waals surface area contributed by atoms with E-state index in [1.807, 2.05) is 18.7 Å². The van der Waals surface area contributed by atoms with Gasteiger partial charge in [0, 0.05) is 10.8 Å². The van der Waals surface area contributed by atoms with Crippen molar-refractivity contribution in [2.75, 3.05) is 6.61 Å². The molecule has 0 aliphatic heterocycles. The molecule has 0 spiro atoms. The first-order valence-electron chi connectivity index (χ1n) is 6.85. The Balaban J connectivity index is 2.44. The molecule has 0 aliphatic rings. The molecular formula is C15H17NO6S. The van der Waals surface area contributed by atoms with Gasteiger partial charge in [-0.25, -0.2) is 13.2 Å². The minimum Gasteiger partial charge on any atom is -0.490 e. The van der Waals surface area contributed by atoms with Gasteiger partial charge in [0.2, 0.25) is 0 Å². The van der Waals surface area contributed by atoms with Crippen LogP contribution in [0.5, 0.6) is 5.75 Å². The van der Waals surface area contributed by atoms with Crippen LogP contribution in [0.15, 0.2) is 41.3 Å². The topological polar surface area (TPSA) is 102 Å². The Hall–Kier alpha value is -2.16. The van der Waals surface area contributed by atoms with Crippen molar-refractivity contribution in [1.29, 1.82) is 0 Å². The van der Waals surface area contributed by atoms with Gasteiger partial charge in [-0.3, -0.25) is 4.84 Å². The predicted molar refractivity (Wildman–Crippen MR) is 83.6 cm³/mol. The molecule has 2 aromatic carbocycles. The number of sulfonamides is 1. The average Bonchev–Trinajstić information content (AvgIpc) is 2.46. The third kappa shape index (κ3) is 4.19. The Morgan fingerprint density at radius 1 is 1.17 bits per heavy atom. The second-order valence-electron chi connectivity index (χ2n) is 5.04. The first-order chi connectivity index (χ1) is 10.8. The number of carboxylic acid groups (broad SMARTS) is 1. The lowest BCUT2D eigenvalue weighted by molar-refractivity contribution is -0.143. The van der Waals surface area contributed by atoms with Crippen LogP contribution in [0, 0.1) is 0 Å². The SMILES string of the molecule is CC(C)Oc1ccc(S(=O)(=O)NOCC(=O)O)c2ccccc12. The number of hydrogen-bond donors (Lipinski definition) is 2. The molecule has 0 radical (unpaired) electrons. The zero-order valence-corrected chi connectivity index (χ0v) is 13.5. The Kier molecular flexibility index (Phi) is 5.19. The van der Waals surface area contributed by atoms with Crippen LogP contribution in [0.3, 0.4) is 0 Å². The maximum Gasteiger partial charge on any atom is 0.331 e. The van der Waals surface area contributed by atoms with Crippen molar-refractivity contribution in [3.63, 3.8) is 0 Å². The van der Waals surface area contributed by atoms with Crippen molar-refractivity contribution >= 4 is 26.8 Å². The Morgan fingerprint density at radius 2 is 1.83 bits per heavy atom. The Bertz CT molecular complexity index is 816. The number of rotatable bonds is 7. The minimum absolute atomic E-state index is 0.0189. The standard InChI is InChI=1S/C15H17NO6S/c1-10(2)22-13-7-8-14(12-6-4-3-5-11(12)13)23(19,20)16-21-9-15(17)18/h3-8,10,16H,9H2,1-2H3,(H,17,18). The van der Waals surface area contributed by atoms with Gasteiger partial charge in [0.25, 0.3) is 10.0 Å². The first-order valence-corrected chi connectivity index (χ1v) is 8.33. The fourth-order valence-electron chi connectivity index (χ4n) is 2.05. The summed E-state index contributed by atoms with van der Waals surface area (Å²) < 4.78 is 30.3. The highest BCUT2D eigenvalue weighted by Crippen LogP contribution is 2.31. The third-order valence-electron chi connectivity index (χ3n) is 2.86. The van der Waals surface area contributed by atoms with E-state index in [0.29, 0.717) is 16.5 Å². The molecule has 0 unspecified atom stereocenters. The van der Waals surface area contributed by atoms with E-state index in [2.05, 4.69) is 4.84 Å². The summed E-state index contributed by atoms with van der Waals surface area (Å²) in [5.41, 5.74) is 0. The van der Waals surface area contributed by atoms with E-state index in [9.17, 15) is 13.2 Å². The molecule has 2 aromatic rings. The monoisotopic (exact) mass is 339 g/mol. The lowest BCUT2D eigenvalue weighted by Gasteiger charge is -2.15. The highest BCUT2D eigenvalue weighted by atomic mass is 32.2. The largest absolute Gasteiger partial charge is 0.490 e. The Labute approximate surface area is 133 Å². The van der Waals surface area contributed by atoms with Crippen LogP contribution < -0.4 is 9.62 Å². The molecule has 0 saturated heterocycles. The number of ether oxygens (including phenoxy) is 1. The maximum absolute atomic E-state index is 12.3. The van der Waals surface area contributed by atoms with Crippen molar-refractivity contribution in [3.05, 3.63) is 36.4 Å². The lowest BCUT2D eigenvalue weighted by Crippen LogP contribution is -2.27. The van der Waals surface area contributed by atoms with E-state index >= 15 is 0 Å². The molecule has 0 atom stereocenters. The molecule has 0 aliphatic carbocycles. The number of aliphatic carboxylic acids is 1. The van der Waals surface area contributed by atoms with Gasteiger partial charge >= 0.3 is 5.97 Å². The number of hydrogen-bond acceptors (Lipinski definition) is 5. The van der Waals surface area contributed by atoms with Gasteiger partial charge in [0.1, 0.15) is 5.75 Å². The first kappa shape index (κ1) is 17.2. The minimum atomic E-state index is -4.02. The molecule has 0 fully saturated rings. The average molecular weight is 339 g/mol. The molecular weight excluding hydrogens is 322 g/mol. The van der Waals surface area contributed by atoms with Crippen LogP contribution in [0.1, 0.15) is 13.8 Å². The van der Waals surface area contributed by atoms with Crippen LogP contribution in [-0.2, 0) is 19.7 Å². The summed E-state index contributed by atoms with van der Waals surface area (Å²) in [5, 5.41) is 9.59. The molecule has 2 N–H and O–H groups in total. The number of nitrogens with one attached hydrogen (secondary N) is 1. The quantitative estimate of drug-likeness (QED) is 0.747. The highest BCUT2D eigenvalue weighted by Gasteiger charge is 2.20. The third-order valence-corrected chi connectivity index (χ3v) is 4.13. The smallest absolute Gasteiger partial charge is 0.331 e. The normalized spacial score (nSPS) is 11.8. The van der Waals surface area contributed by atoms with Gasteiger partial charge < -0.3 is 9.84 Å². The molecule has 0 bridgehead atoms. The molecule has 23 heavy (non-hydrogen) atoms. The zero-order chi connectivity index (χ0) is 17.0. The molecule has 0 saturated carbocycles. The van der Waals surface area contributed by atoms with E-state index in [-0.39, 0.29) is 11.0 Å². The summed E-state index contributed by atoms with van der Waals surface area (Å²) in [6, 6.07) is 9.85. The molecule has 0 heterocycles. The van der Waals surface area contributed by atoms with Crippen LogP contribution >= 0.6 is 0 Å². The van der Waals surface area contributed by atoms with E-state index in [1.54, 1.807) is 30.3 Å². The summed E-state index contributed by atoms with van der Waals surface area (Å²) in [6.07, 6.45) is -0.0575. The zero-order valence-electron chi connectivity index (χ0n) is 12.6. The van der Waals surface area contributed by atoms with Crippen molar-refractivity contribution in [2.45, 2.75) is 24.8 Å². The summed E-state index contributed by atoms with van der Waals surface area (Å²) in [7, 11) is -4.02. The van der Waals surface area contributed by atoms with E-state index < -0.39 is 22.6 Å². The molecule has 0 amide bonds. The molecule has 124 valence electrons. The van der Waals surface area contributed by atoms with Gasteiger partial charge in [-0.05, 0) is 26.0 Å². The summed E-state index contributed by atoms with van der Waals surface area (Å²) >= 11 is 0. The Morgan fingerprint density at radius 3 is 2.43 bits per heavy atom. The molecule has 7 nitrogen and oxygen atoms in total. The van der Waals surface area contributed by atoms with Crippen LogP contribution in [0.4, 0.5) is 0 Å². The van der Waals surface area contributed by atoms with Crippen molar-refractivity contribution in [3.8, 4) is 5.75 Å². The van der Waals surface area contributed by atoms with Gasteiger partial charge in [-0.1, -0.05) is 29.2 Å². The van der Waals surface area contributed by atoms with E-state index in [1.165, 1.54) is 6.07 Å². The lowest BCUT2D eigenvalue weighted by atomic mass is 10.1. The van der Waals surface area contributed by atoms with Crippen LogP contribution in [-0.4, -0.2) is 32.2 Å². The molecule has 2 rings (SSSR count). The number of fused-ring (bicyclic) bond motifs is 1. The van der Waals surface area contributed by atoms with Gasteiger partial charge in [-0.15, -0.1) is 0 Å². The summed E-state index contributed by atoms with van der Waals surface area (Å²) in [4.78, 5) is 16.7. The summed E-state index contributed by atoms with van der Waals surface area (Å²) in [6.45, 7) is 2.98. The van der Waals surface area contributed by atoms with Crippen molar-refractivity contribution in [2.24, 2.45) is 0 Å². The fourth-order valence-corrected chi connectivity index (χ4v) is 3.07. The predicted octanol–water partition coefficient (Wildman–Crippen LogP) is 1.92. The fraction of sp³-hybridized carbons (Fsp3) is 0.267. The van der Waals surface area contributed by atoms with E-state index in [0.717, 1.165) is 0 Å². The van der Waals surface area contributed by atoms with Crippen LogP contribution in [0.25, 0.3) is 10.8 Å². The number of carbonyl (C=O) groups is 1.